The van der Waals surface area contributed by atoms with Crippen molar-refractivity contribution in [2.45, 2.75) is 37.9 Å². The molecule has 208 valence electrons. The monoisotopic (exact) mass is 542 g/mol. The summed E-state index contributed by atoms with van der Waals surface area (Å²) in [6.07, 6.45) is 17.5. The summed E-state index contributed by atoms with van der Waals surface area (Å²) in [4.78, 5) is 22.2. The lowest BCUT2D eigenvalue weighted by Gasteiger charge is -2.43. The average molecular weight is 543 g/mol. The van der Waals surface area contributed by atoms with Gasteiger partial charge in [-0.05, 0) is 81.9 Å². The van der Waals surface area contributed by atoms with E-state index >= 15 is 0 Å². The number of nitrogens with zero attached hydrogens (tertiary/aromatic N) is 6. The molecule has 10 nitrogen and oxygen atoms in total. The maximum atomic E-state index is 5.97. The van der Waals surface area contributed by atoms with Gasteiger partial charge in [-0.1, -0.05) is 0 Å². The first-order valence-electron chi connectivity index (χ1n) is 14.3. The van der Waals surface area contributed by atoms with Crippen molar-refractivity contribution in [2.24, 2.45) is 11.8 Å². The molecule has 1 unspecified atom stereocenters. The zero-order chi connectivity index (χ0) is 26.7. The van der Waals surface area contributed by atoms with Crippen molar-refractivity contribution >= 4 is 0 Å². The molecule has 10 heteroatoms. The van der Waals surface area contributed by atoms with Crippen molar-refractivity contribution in [2.75, 3.05) is 39.3 Å². The van der Waals surface area contributed by atoms with E-state index in [0.29, 0.717) is 23.9 Å². The molecule has 6 aliphatic heterocycles. The number of fused-ring (bicyclic) bond motifs is 6. The van der Waals surface area contributed by atoms with Crippen molar-refractivity contribution in [3.63, 3.8) is 0 Å². The van der Waals surface area contributed by atoms with E-state index in [2.05, 4.69) is 29.7 Å². The number of furan rings is 2. The quantitative estimate of drug-likeness (QED) is 0.348. The predicted molar refractivity (Wildman–Crippen MR) is 147 cm³/mol. The second-order valence-electron chi connectivity index (χ2n) is 11.1. The SMILES string of the molecule is c1cc(-c2cnc(OC3CN4CCC3CC4)nc2)co1.c1coc(-c2cnc(O[C@H]3CN4CCC3CC4)nc2)c1. The second kappa shape index (κ2) is 11.4. The maximum absolute atomic E-state index is 5.97. The lowest BCUT2D eigenvalue weighted by atomic mass is 9.86. The topological polar surface area (TPSA) is 103 Å². The molecule has 4 bridgehead atoms. The highest BCUT2D eigenvalue weighted by molar-refractivity contribution is 5.59. The van der Waals surface area contributed by atoms with Crippen molar-refractivity contribution in [3.8, 4) is 34.5 Å². The Morgan fingerprint density at radius 3 is 1.62 bits per heavy atom. The number of aromatic nitrogens is 4. The third-order valence-electron chi connectivity index (χ3n) is 8.62. The number of piperidine rings is 6. The van der Waals surface area contributed by atoms with E-state index in [1.807, 2.05) is 18.2 Å². The van der Waals surface area contributed by atoms with Crippen LogP contribution in [-0.4, -0.2) is 81.2 Å². The van der Waals surface area contributed by atoms with Gasteiger partial charge in [0.1, 0.15) is 18.0 Å². The lowest BCUT2D eigenvalue weighted by Crippen LogP contribution is -2.52. The Labute approximate surface area is 233 Å². The van der Waals surface area contributed by atoms with Crippen LogP contribution in [0.15, 0.2) is 70.6 Å². The summed E-state index contributed by atoms with van der Waals surface area (Å²) < 4.78 is 22.3. The third-order valence-corrected chi connectivity index (χ3v) is 8.62. The molecule has 0 N–H and O–H groups in total. The van der Waals surface area contributed by atoms with E-state index in [9.17, 15) is 0 Å². The molecule has 10 heterocycles. The van der Waals surface area contributed by atoms with Crippen LogP contribution in [0.2, 0.25) is 0 Å². The van der Waals surface area contributed by atoms with Crippen LogP contribution in [0.4, 0.5) is 0 Å². The van der Waals surface area contributed by atoms with E-state index in [1.165, 1.54) is 51.9 Å². The average Bonchev–Trinajstić information content (AvgIpc) is 3.76. The van der Waals surface area contributed by atoms with Gasteiger partial charge in [0.2, 0.25) is 0 Å². The van der Waals surface area contributed by atoms with E-state index < -0.39 is 0 Å². The Kier molecular flexibility index (Phi) is 7.18. The van der Waals surface area contributed by atoms with Gasteiger partial charge in [-0.15, -0.1) is 0 Å². The van der Waals surface area contributed by atoms with E-state index in [0.717, 1.165) is 35.5 Å². The number of ether oxygens (including phenoxy) is 2. The van der Waals surface area contributed by atoms with Gasteiger partial charge >= 0.3 is 12.0 Å². The molecule has 0 saturated carbocycles. The van der Waals surface area contributed by atoms with Crippen LogP contribution in [-0.2, 0) is 0 Å². The molecule has 10 rings (SSSR count). The molecule has 6 saturated heterocycles. The molecule has 0 radical (unpaired) electrons. The molecule has 0 spiro atoms. The third kappa shape index (κ3) is 5.59. The van der Waals surface area contributed by atoms with Crippen LogP contribution in [0.25, 0.3) is 22.5 Å². The summed E-state index contributed by atoms with van der Waals surface area (Å²) in [7, 11) is 0. The van der Waals surface area contributed by atoms with Gasteiger partial charge < -0.3 is 18.3 Å². The zero-order valence-corrected chi connectivity index (χ0v) is 22.5. The highest BCUT2D eigenvalue weighted by Crippen LogP contribution is 2.31. The summed E-state index contributed by atoms with van der Waals surface area (Å²) in [5, 5.41) is 0. The maximum Gasteiger partial charge on any atom is 0.316 e. The summed E-state index contributed by atoms with van der Waals surface area (Å²) in [5.74, 6) is 2.10. The van der Waals surface area contributed by atoms with Gasteiger partial charge in [-0.25, -0.2) is 19.9 Å². The summed E-state index contributed by atoms with van der Waals surface area (Å²) >= 11 is 0. The fraction of sp³-hybridized carbons (Fsp3) is 0.467. The Hall–Kier alpha value is -3.76. The van der Waals surface area contributed by atoms with E-state index in [1.54, 1.807) is 43.6 Å². The Morgan fingerprint density at radius 1 is 0.650 bits per heavy atom. The van der Waals surface area contributed by atoms with E-state index in [4.69, 9.17) is 18.3 Å². The molecule has 0 aliphatic carbocycles. The Balaban J connectivity index is 0.000000132. The number of rotatable bonds is 6. The van der Waals surface area contributed by atoms with Crippen LogP contribution in [0, 0.1) is 11.8 Å². The van der Waals surface area contributed by atoms with Crippen LogP contribution >= 0.6 is 0 Å². The molecule has 40 heavy (non-hydrogen) atoms. The zero-order valence-electron chi connectivity index (χ0n) is 22.5. The number of hydrogen-bond acceptors (Lipinski definition) is 10. The molecule has 4 aromatic rings. The fourth-order valence-corrected chi connectivity index (χ4v) is 6.26. The van der Waals surface area contributed by atoms with Crippen molar-refractivity contribution in [1.29, 1.82) is 0 Å². The van der Waals surface area contributed by atoms with Crippen LogP contribution < -0.4 is 9.47 Å². The molecule has 4 aromatic heterocycles. The highest BCUT2D eigenvalue weighted by Gasteiger charge is 2.37. The summed E-state index contributed by atoms with van der Waals surface area (Å²) in [6, 6.07) is 6.60. The van der Waals surface area contributed by atoms with Gasteiger partial charge in [0.25, 0.3) is 0 Å². The first-order valence-corrected chi connectivity index (χ1v) is 14.3. The van der Waals surface area contributed by atoms with Crippen LogP contribution in [0.1, 0.15) is 25.7 Å². The van der Waals surface area contributed by atoms with Gasteiger partial charge in [0, 0.05) is 49.0 Å². The van der Waals surface area contributed by atoms with Crippen molar-refractivity contribution < 1.29 is 18.3 Å². The minimum atomic E-state index is 0.243. The molecule has 6 fully saturated rings. The molecule has 0 amide bonds. The summed E-state index contributed by atoms with van der Waals surface area (Å²) in [5.41, 5.74) is 2.80. The van der Waals surface area contributed by atoms with Gasteiger partial charge in [0.05, 0.1) is 24.4 Å². The first kappa shape index (κ1) is 25.2. The highest BCUT2D eigenvalue weighted by atomic mass is 16.5. The fourth-order valence-electron chi connectivity index (χ4n) is 6.26. The van der Waals surface area contributed by atoms with Crippen LogP contribution in [0.3, 0.4) is 0 Å². The second-order valence-corrected chi connectivity index (χ2v) is 11.1. The Morgan fingerprint density at radius 2 is 1.20 bits per heavy atom. The van der Waals surface area contributed by atoms with Gasteiger partial charge in [-0.2, -0.15) is 0 Å². The molecular formula is C30H34N6O4. The normalized spacial score (nSPS) is 28.5. The van der Waals surface area contributed by atoms with Crippen LogP contribution in [0.5, 0.6) is 12.0 Å². The standard InChI is InChI=1S/2C15H17N3O2/c1-4-18-5-2-11(1)14(9-18)20-15-16-7-13(8-17-15)12-3-6-19-10-12;1-2-13(19-7-1)12-8-16-15(17-9-12)20-14-10-18-5-3-11(14)4-6-18/h3,6-8,10-11,14H,1-2,4-5,9H2;1-2,7-9,11,14H,3-6,10H2/t;14-/m.0/s1. The molecule has 0 aromatic carbocycles. The van der Waals surface area contributed by atoms with Crippen molar-refractivity contribution in [1.82, 2.24) is 29.7 Å². The summed E-state index contributed by atoms with van der Waals surface area (Å²) in [6.45, 7) is 6.87. The largest absolute Gasteiger partial charge is 0.472 e. The van der Waals surface area contributed by atoms with Gasteiger partial charge in [-0.3, -0.25) is 9.80 Å². The molecule has 2 atom stereocenters. The van der Waals surface area contributed by atoms with E-state index in [-0.39, 0.29) is 12.2 Å². The minimum Gasteiger partial charge on any atom is -0.472 e. The smallest absolute Gasteiger partial charge is 0.316 e. The Bertz CT molecular complexity index is 1220. The van der Waals surface area contributed by atoms with Gasteiger partial charge in [0.15, 0.2) is 0 Å². The predicted octanol–water partition coefficient (Wildman–Crippen LogP) is 4.42. The van der Waals surface area contributed by atoms with Crippen molar-refractivity contribution in [3.05, 3.63) is 61.8 Å². The molecule has 6 aliphatic rings. The number of hydrogen-bond donors (Lipinski definition) is 0. The minimum absolute atomic E-state index is 0.243. The lowest BCUT2D eigenvalue weighted by molar-refractivity contribution is -0.0124. The first-order chi connectivity index (χ1) is 19.8. The molecular weight excluding hydrogens is 508 g/mol.